The molecule has 114 valence electrons. The van der Waals surface area contributed by atoms with Gasteiger partial charge in [0.1, 0.15) is 5.75 Å². The van der Waals surface area contributed by atoms with Gasteiger partial charge in [-0.15, -0.1) is 0 Å². The van der Waals surface area contributed by atoms with Crippen LogP contribution in [0.3, 0.4) is 0 Å². The van der Waals surface area contributed by atoms with Crippen LogP contribution in [0.2, 0.25) is 0 Å². The second-order valence-corrected chi connectivity index (χ2v) is 5.69. The molecule has 0 bridgehead atoms. The third kappa shape index (κ3) is 3.27. The second kappa shape index (κ2) is 6.60. The van der Waals surface area contributed by atoms with Gasteiger partial charge in [-0.2, -0.15) is 0 Å². The molecule has 4 heteroatoms. The van der Waals surface area contributed by atoms with Crippen LogP contribution in [-0.2, 0) is 0 Å². The molecule has 1 amide bonds. The lowest BCUT2D eigenvalue weighted by molar-refractivity contribution is 0.0988. The smallest absolute Gasteiger partial charge is 0.252 e. The molecule has 22 heavy (non-hydrogen) atoms. The van der Waals surface area contributed by atoms with Gasteiger partial charge in [0.05, 0.1) is 11.7 Å². The molecule has 1 aromatic carbocycles. The van der Waals surface area contributed by atoms with Gasteiger partial charge in [-0.05, 0) is 49.4 Å². The van der Waals surface area contributed by atoms with E-state index < -0.39 is 5.91 Å². The van der Waals surface area contributed by atoms with E-state index in [9.17, 15) is 4.79 Å². The number of amides is 1. The molecule has 4 nitrogen and oxygen atoms in total. The molecular formula is C18H20N2O2. The van der Waals surface area contributed by atoms with Crippen molar-refractivity contribution in [2.24, 2.45) is 5.73 Å². The number of ether oxygens (including phenoxy) is 1. The number of primary amides is 1. The van der Waals surface area contributed by atoms with Gasteiger partial charge in [-0.3, -0.25) is 9.78 Å². The van der Waals surface area contributed by atoms with Crippen molar-refractivity contribution in [3.63, 3.8) is 0 Å². The number of hydrogen-bond acceptors (Lipinski definition) is 3. The first kappa shape index (κ1) is 14.6. The number of carbonyl (C=O) groups is 1. The summed E-state index contributed by atoms with van der Waals surface area (Å²) in [4.78, 5) is 15.8. The van der Waals surface area contributed by atoms with Crippen molar-refractivity contribution in [1.82, 2.24) is 4.98 Å². The van der Waals surface area contributed by atoms with Gasteiger partial charge in [0.2, 0.25) is 0 Å². The Balaban J connectivity index is 1.92. The predicted molar refractivity (Wildman–Crippen MR) is 85.7 cm³/mol. The van der Waals surface area contributed by atoms with Crippen molar-refractivity contribution >= 4 is 5.91 Å². The van der Waals surface area contributed by atoms with Gasteiger partial charge in [0, 0.05) is 18.0 Å². The van der Waals surface area contributed by atoms with Crippen molar-refractivity contribution in [1.29, 1.82) is 0 Å². The van der Waals surface area contributed by atoms with Crippen molar-refractivity contribution in [2.75, 3.05) is 0 Å². The molecular weight excluding hydrogens is 276 g/mol. The Morgan fingerprint density at radius 2 is 1.95 bits per heavy atom. The fourth-order valence-corrected chi connectivity index (χ4v) is 2.90. The average molecular weight is 296 g/mol. The molecule has 3 rings (SSSR count). The van der Waals surface area contributed by atoms with Gasteiger partial charge in [-0.25, -0.2) is 0 Å². The lowest BCUT2D eigenvalue weighted by Crippen LogP contribution is -2.22. The zero-order valence-electron chi connectivity index (χ0n) is 12.5. The summed E-state index contributed by atoms with van der Waals surface area (Å²) < 4.78 is 6.09. The molecule has 2 aromatic rings. The van der Waals surface area contributed by atoms with E-state index in [0.29, 0.717) is 11.3 Å². The second-order valence-electron chi connectivity index (χ2n) is 5.69. The third-order valence-electron chi connectivity index (χ3n) is 4.09. The largest absolute Gasteiger partial charge is 0.490 e. The summed E-state index contributed by atoms with van der Waals surface area (Å²) in [5.74, 6) is 0.129. The summed E-state index contributed by atoms with van der Waals surface area (Å²) in [5.41, 5.74) is 7.89. The van der Waals surface area contributed by atoms with Gasteiger partial charge in [0.25, 0.3) is 5.91 Å². The van der Waals surface area contributed by atoms with Crippen LogP contribution in [0, 0.1) is 0 Å². The van der Waals surface area contributed by atoms with Crippen molar-refractivity contribution < 1.29 is 9.53 Å². The standard InChI is InChI=1S/C18H20N2O2/c19-18(21)16-9-8-13(14-5-4-10-20-12-14)11-17(16)22-15-6-2-1-3-7-15/h4-5,8-12,15H,1-3,6-7H2,(H2,19,21). The van der Waals surface area contributed by atoms with Crippen molar-refractivity contribution in [2.45, 2.75) is 38.2 Å². The van der Waals surface area contributed by atoms with E-state index in [2.05, 4.69) is 4.98 Å². The van der Waals surface area contributed by atoms with Crippen LogP contribution in [-0.4, -0.2) is 17.0 Å². The number of benzene rings is 1. The van der Waals surface area contributed by atoms with Crippen LogP contribution < -0.4 is 10.5 Å². The Morgan fingerprint density at radius 1 is 1.14 bits per heavy atom. The SMILES string of the molecule is NC(=O)c1ccc(-c2cccnc2)cc1OC1CCCCC1. The number of nitrogens with zero attached hydrogens (tertiary/aromatic N) is 1. The van der Waals surface area contributed by atoms with Gasteiger partial charge >= 0.3 is 0 Å². The average Bonchev–Trinajstić information content (AvgIpc) is 2.56. The highest BCUT2D eigenvalue weighted by Crippen LogP contribution is 2.30. The molecule has 0 atom stereocenters. The Hall–Kier alpha value is -2.36. The lowest BCUT2D eigenvalue weighted by atomic mass is 9.97. The van der Waals surface area contributed by atoms with Crippen LogP contribution in [0.5, 0.6) is 5.75 Å². The van der Waals surface area contributed by atoms with Crippen LogP contribution in [0.25, 0.3) is 11.1 Å². The zero-order valence-corrected chi connectivity index (χ0v) is 12.5. The molecule has 1 aromatic heterocycles. The Labute approximate surface area is 130 Å². The Bertz CT molecular complexity index is 649. The summed E-state index contributed by atoms with van der Waals surface area (Å²) in [6.07, 6.45) is 9.40. The van der Waals surface area contributed by atoms with E-state index in [0.717, 1.165) is 24.0 Å². The van der Waals surface area contributed by atoms with Crippen molar-refractivity contribution in [3.05, 3.63) is 48.3 Å². The highest BCUT2D eigenvalue weighted by atomic mass is 16.5. The highest BCUT2D eigenvalue weighted by Gasteiger charge is 2.18. The molecule has 0 aliphatic heterocycles. The third-order valence-corrected chi connectivity index (χ3v) is 4.09. The van der Waals surface area contributed by atoms with E-state index in [1.165, 1.54) is 19.3 Å². The first-order chi connectivity index (χ1) is 10.7. The van der Waals surface area contributed by atoms with E-state index >= 15 is 0 Å². The number of hydrogen-bond donors (Lipinski definition) is 1. The maximum absolute atomic E-state index is 11.6. The zero-order chi connectivity index (χ0) is 15.4. The summed E-state index contributed by atoms with van der Waals surface area (Å²) in [6.45, 7) is 0. The maximum Gasteiger partial charge on any atom is 0.252 e. The predicted octanol–water partition coefficient (Wildman–Crippen LogP) is 3.56. The minimum atomic E-state index is -0.455. The van der Waals surface area contributed by atoms with Crippen molar-refractivity contribution in [3.8, 4) is 16.9 Å². The molecule has 0 radical (unpaired) electrons. The summed E-state index contributed by atoms with van der Waals surface area (Å²) in [6, 6.07) is 9.38. The van der Waals surface area contributed by atoms with Gasteiger partial charge < -0.3 is 10.5 Å². The summed E-state index contributed by atoms with van der Waals surface area (Å²) in [5, 5.41) is 0. The van der Waals surface area contributed by atoms with Crippen LogP contribution in [0.15, 0.2) is 42.7 Å². The molecule has 1 heterocycles. The van der Waals surface area contributed by atoms with Crippen LogP contribution >= 0.6 is 0 Å². The first-order valence-electron chi connectivity index (χ1n) is 7.75. The molecule has 0 spiro atoms. The number of nitrogens with two attached hydrogens (primary N) is 1. The summed E-state index contributed by atoms with van der Waals surface area (Å²) >= 11 is 0. The minimum Gasteiger partial charge on any atom is -0.490 e. The van der Waals surface area contributed by atoms with E-state index in [4.69, 9.17) is 10.5 Å². The molecule has 1 aliphatic carbocycles. The molecule has 0 saturated heterocycles. The molecule has 1 aliphatic rings. The fraction of sp³-hybridized carbons (Fsp3) is 0.333. The number of pyridine rings is 1. The van der Waals surface area contributed by atoms with E-state index in [1.54, 1.807) is 18.5 Å². The molecule has 0 unspecified atom stereocenters. The molecule has 2 N–H and O–H groups in total. The minimum absolute atomic E-state index is 0.177. The normalized spacial score (nSPS) is 15.5. The topological polar surface area (TPSA) is 65.2 Å². The summed E-state index contributed by atoms with van der Waals surface area (Å²) in [7, 11) is 0. The maximum atomic E-state index is 11.6. The molecule has 1 saturated carbocycles. The number of rotatable bonds is 4. The lowest BCUT2D eigenvalue weighted by Gasteiger charge is -2.24. The fourth-order valence-electron chi connectivity index (χ4n) is 2.90. The van der Waals surface area contributed by atoms with Crippen LogP contribution in [0.1, 0.15) is 42.5 Å². The van der Waals surface area contributed by atoms with E-state index in [-0.39, 0.29) is 6.10 Å². The van der Waals surface area contributed by atoms with Gasteiger partial charge in [-0.1, -0.05) is 18.6 Å². The Kier molecular flexibility index (Phi) is 4.37. The van der Waals surface area contributed by atoms with E-state index in [1.807, 2.05) is 24.3 Å². The monoisotopic (exact) mass is 296 g/mol. The van der Waals surface area contributed by atoms with Gasteiger partial charge in [0.15, 0.2) is 0 Å². The quantitative estimate of drug-likeness (QED) is 0.938. The molecule has 1 fully saturated rings. The highest BCUT2D eigenvalue weighted by molar-refractivity contribution is 5.96. The Morgan fingerprint density at radius 3 is 2.64 bits per heavy atom. The number of carbonyl (C=O) groups excluding carboxylic acids is 1. The first-order valence-corrected chi connectivity index (χ1v) is 7.75. The van der Waals surface area contributed by atoms with Crippen LogP contribution in [0.4, 0.5) is 0 Å². The number of aromatic nitrogens is 1.